The third-order valence-corrected chi connectivity index (χ3v) is 6.12. The summed E-state index contributed by atoms with van der Waals surface area (Å²) in [5.41, 5.74) is 3.15. The van der Waals surface area contributed by atoms with Gasteiger partial charge in [-0.15, -0.1) is 11.3 Å². The monoisotopic (exact) mass is 376 g/mol. The van der Waals surface area contributed by atoms with Crippen molar-refractivity contribution in [1.82, 2.24) is 4.98 Å². The minimum atomic E-state index is -0.239. The summed E-state index contributed by atoms with van der Waals surface area (Å²) in [6.07, 6.45) is 0.824. The van der Waals surface area contributed by atoms with Crippen LogP contribution in [0.5, 0.6) is 0 Å². The summed E-state index contributed by atoms with van der Waals surface area (Å²) >= 11 is 1.50. The maximum absolute atomic E-state index is 13.1. The molecule has 3 nitrogen and oxygen atoms in total. The molecule has 1 fully saturated rings. The van der Waals surface area contributed by atoms with E-state index < -0.39 is 0 Å². The molecule has 1 atom stereocenters. The molecule has 1 N–H and O–H groups in total. The highest BCUT2D eigenvalue weighted by Crippen LogP contribution is 2.59. The number of rotatable bonds is 4. The number of hydrogen-bond acceptors (Lipinski definition) is 3. The van der Waals surface area contributed by atoms with Crippen LogP contribution in [0.15, 0.2) is 66.0 Å². The van der Waals surface area contributed by atoms with Crippen LogP contribution in [0.4, 0.5) is 5.13 Å². The number of aromatic nitrogens is 1. The fourth-order valence-electron chi connectivity index (χ4n) is 3.72. The molecule has 0 radical (unpaired) electrons. The summed E-state index contributed by atoms with van der Waals surface area (Å²) in [5.74, 6) is -0.0261. The molecule has 0 bridgehead atoms. The smallest absolute Gasteiger partial charge is 0.230 e. The van der Waals surface area contributed by atoms with E-state index in [1.54, 1.807) is 0 Å². The molecule has 4 heteroatoms. The SMILES string of the molecule is CC(C)(C)c1csc(NC(=O)C2CC2(c2ccccc2)c2ccccc2)n1. The molecule has 0 aliphatic heterocycles. The highest BCUT2D eigenvalue weighted by Gasteiger charge is 2.60. The standard InChI is InChI=1S/C23H24N2OS/c1-22(2,3)19-15-27-21(24-19)25-20(26)18-14-23(18,16-10-6-4-7-11-16)17-12-8-5-9-13-17/h4-13,15,18H,14H2,1-3H3,(H,24,25,26). The molecular formula is C23H24N2OS. The fraction of sp³-hybridized carbons (Fsp3) is 0.304. The van der Waals surface area contributed by atoms with Crippen LogP contribution in [0.1, 0.15) is 44.0 Å². The van der Waals surface area contributed by atoms with Gasteiger partial charge in [0.05, 0.1) is 11.6 Å². The van der Waals surface area contributed by atoms with Crippen molar-refractivity contribution in [2.45, 2.75) is 38.0 Å². The van der Waals surface area contributed by atoms with Crippen molar-refractivity contribution in [3.63, 3.8) is 0 Å². The summed E-state index contributed by atoms with van der Waals surface area (Å²) in [6, 6.07) is 20.7. The highest BCUT2D eigenvalue weighted by atomic mass is 32.1. The molecule has 27 heavy (non-hydrogen) atoms. The Bertz CT molecular complexity index is 902. The first-order valence-electron chi connectivity index (χ1n) is 9.29. The molecule has 1 aliphatic carbocycles. The summed E-state index contributed by atoms with van der Waals surface area (Å²) in [4.78, 5) is 17.7. The van der Waals surface area contributed by atoms with Gasteiger partial charge in [0.15, 0.2) is 5.13 Å². The Kier molecular flexibility index (Phi) is 4.39. The summed E-state index contributed by atoms with van der Waals surface area (Å²) in [7, 11) is 0. The third kappa shape index (κ3) is 3.30. The molecule has 4 rings (SSSR count). The van der Waals surface area contributed by atoms with E-state index in [0.717, 1.165) is 12.1 Å². The van der Waals surface area contributed by atoms with Crippen molar-refractivity contribution in [3.05, 3.63) is 82.9 Å². The van der Waals surface area contributed by atoms with Crippen molar-refractivity contribution in [3.8, 4) is 0 Å². The fourth-order valence-corrected chi connectivity index (χ4v) is 4.66. The number of anilines is 1. The third-order valence-electron chi connectivity index (χ3n) is 5.36. The van der Waals surface area contributed by atoms with Gasteiger partial charge in [0.1, 0.15) is 0 Å². The predicted molar refractivity (Wildman–Crippen MR) is 111 cm³/mol. The molecule has 2 aromatic carbocycles. The number of amides is 1. The Morgan fingerprint density at radius 2 is 1.59 bits per heavy atom. The first-order chi connectivity index (χ1) is 12.9. The maximum Gasteiger partial charge on any atom is 0.230 e. The van der Waals surface area contributed by atoms with E-state index >= 15 is 0 Å². The second kappa shape index (κ2) is 6.61. The van der Waals surface area contributed by atoms with Gasteiger partial charge in [-0.1, -0.05) is 81.4 Å². The molecule has 1 aliphatic rings. The van der Waals surface area contributed by atoms with Crippen LogP contribution in [0, 0.1) is 5.92 Å². The van der Waals surface area contributed by atoms with Gasteiger partial charge in [0.2, 0.25) is 5.91 Å². The maximum atomic E-state index is 13.1. The van der Waals surface area contributed by atoms with E-state index in [1.165, 1.54) is 22.5 Å². The lowest BCUT2D eigenvalue weighted by Gasteiger charge is -2.18. The molecule has 1 unspecified atom stereocenters. The van der Waals surface area contributed by atoms with E-state index in [4.69, 9.17) is 0 Å². The first kappa shape index (κ1) is 17.9. The average Bonchev–Trinajstić information content (AvgIpc) is 3.26. The molecule has 0 spiro atoms. The van der Waals surface area contributed by atoms with Gasteiger partial charge in [0.25, 0.3) is 0 Å². The minimum absolute atomic E-state index is 0.0170. The van der Waals surface area contributed by atoms with E-state index in [-0.39, 0.29) is 22.7 Å². The number of nitrogens with one attached hydrogen (secondary N) is 1. The van der Waals surface area contributed by atoms with Crippen LogP contribution >= 0.6 is 11.3 Å². The lowest BCUT2D eigenvalue weighted by Crippen LogP contribution is -2.22. The van der Waals surface area contributed by atoms with Crippen LogP contribution in [0.3, 0.4) is 0 Å². The number of carbonyl (C=O) groups excluding carboxylic acids is 1. The molecular weight excluding hydrogens is 352 g/mol. The zero-order chi connectivity index (χ0) is 19.1. The lowest BCUT2D eigenvalue weighted by molar-refractivity contribution is -0.117. The number of thiazole rings is 1. The second-order valence-electron chi connectivity index (χ2n) is 8.24. The number of nitrogens with zero attached hydrogens (tertiary/aromatic N) is 1. The van der Waals surface area contributed by atoms with E-state index in [1.807, 2.05) is 41.8 Å². The van der Waals surface area contributed by atoms with E-state index in [2.05, 4.69) is 55.3 Å². The summed E-state index contributed by atoms with van der Waals surface area (Å²) in [5, 5.41) is 5.78. The van der Waals surface area contributed by atoms with Crippen LogP contribution in [-0.2, 0) is 15.6 Å². The zero-order valence-corrected chi connectivity index (χ0v) is 16.7. The van der Waals surface area contributed by atoms with Gasteiger partial charge >= 0.3 is 0 Å². The lowest BCUT2D eigenvalue weighted by atomic mass is 9.85. The van der Waals surface area contributed by atoms with Crippen molar-refractivity contribution in [1.29, 1.82) is 0 Å². The molecule has 1 heterocycles. The Balaban J connectivity index is 1.60. The Hall–Kier alpha value is -2.46. The summed E-state index contributed by atoms with van der Waals surface area (Å²) in [6.45, 7) is 6.39. The van der Waals surface area contributed by atoms with Gasteiger partial charge in [0, 0.05) is 16.2 Å². The van der Waals surface area contributed by atoms with Crippen LogP contribution in [0.25, 0.3) is 0 Å². The number of carbonyl (C=O) groups is 1. The van der Waals surface area contributed by atoms with Gasteiger partial charge in [-0.05, 0) is 17.5 Å². The van der Waals surface area contributed by atoms with Gasteiger partial charge < -0.3 is 5.32 Å². The second-order valence-corrected chi connectivity index (χ2v) is 9.10. The first-order valence-corrected chi connectivity index (χ1v) is 10.2. The quantitative estimate of drug-likeness (QED) is 0.664. The molecule has 3 aromatic rings. The van der Waals surface area contributed by atoms with Crippen molar-refractivity contribution in [2.24, 2.45) is 5.92 Å². The van der Waals surface area contributed by atoms with Crippen LogP contribution < -0.4 is 5.32 Å². The Morgan fingerprint density at radius 1 is 1.04 bits per heavy atom. The average molecular weight is 377 g/mol. The van der Waals surface area contributed by atoms with Crippen LogP contribution in [-0.4, -0.2) is 10.9 Å². The zero-order valence-electron chi connectivity index (χ0n) is 15.9. The minimum Gasteiger partial charge on any atom is -0.302 e. The number of benzene rings is 2. The van der Waals surface area contributed by atoms with Gasteiger partial charge in [-0.3, -0.25) is 4.79 Å². The largest absolute Gasteiger partial charge is 0.302 e. The van der Waals surface area contributed by atoms with Gasteiger partial charge in [-0.25, -0.2) is 4.98 Å². The molecule has 1 saturated carbocycles. The molecule has 0 saturated heterocycles. The van der Waals surface area contributed by atoms with E-state index in [9.17, 15) is 4.79 Å². The van der Waals surface area contributed by atoms with Crippen molar-refractivity contribution < 1.29 is 4.79 Å². The Morgan fingerprint density at radius 3 is 2.07 bits per heavy atom. The molecule has 138 valence electrons. The topological polar surface area (TPSA) is 42.0 Å². The van der Waals surface area contributed by atoms with Crippen molar-refractivity contribution >= 4 is 22.4 Å². The van der Waals surface area contributed by atoms with Crippen LogP contribution in [0.2, 0.25) is 0 Å². The highest BCUT2D eigenvalue weighted by molar-refractivity contribution is 7.14. The van der Waals surface area contributed by atoms with Gasteiger partial charge in [-0.2, -0.15) is 0 Å². The predicted octanol–water partition coefficient (Wildman–Crippen LogP) is 5.39. The number of hydrogen-bond donors (Lipinski definition) is 1. The molecule has 1 aromatic heterocycles. The summed E-state index contributed by atoms with van der Waals surface area (Å²) < 4.78 is 0. The molecule has 1 amide bonds. The Labute approximate surface area is 164 Å². The normalized spacial score (nSPS) is 18.1. The van der Waals surface area contributed by atoms with E-state index in [0.29, 0.717) is 5.13 Å². The van der Waals surface area contributed by atoms with Crippen molar-refractivity contribution in [2.75, 3.05) is 5.32 Å².